The van der Waals surface area contributed by atoms with Crippen molar-refractivity contribution in [3.05, 3.63) is 106 Å². The number of benzene rings is 4. The minimum atomic E-state index is -4.02. The fourth-order valence-electron chi connectivity index (χ4n) is 3.80. The summed E-state index contributed by atoms with van der Waals surface area (Å²) in [7, 11) is -4.02. The lowest BCUT2D eigenvalue weighted by molar-refractivity contribution is -0.121. The molecule has 1 aliphatic heterocycles. The average Bonchev–Trinajstić information content (AvgIpc) is 2.91. The van der Waals surface area contributed by atoms with Crippen LogP contribution in [0, 0.1) is 0 Å². The molecule has 0 aromatic heterocycles. The van der Waals surface area contributed by atoms with E-state index in [1.165, 1.54) is 17.0 Å². The minimum Gasteiger partial charge on any atom is -0.452 e. The molecule has 5 rings (SSSR count). The monoisotopic (exact) mass is 628 g/mol. The number of nitrogens with one attached hydrogen (secondary N) is 1. The Morgan fingerprint density at radius 2 is 1.50 bits per heavy atom. The third-order valence-corrected chi connectivity index (χ3v) is 8.94. The predicted molar refractivity (Wildman–Crippen MR) is 151 cm³/mol. The van der Waals surface area contributed by atoms with Gasteiger partial charge in [0, 0.05) is 20.0 Å². The summed E-state index contributed by atoms with van der Waals surface area (Å²) >= 11 is 11.0. The van der Waals surface area contributed by atoms with Crippen LogP contribution in [0.4, 0.5) is 17.1 Å². The van der Waals surface area contributed by atoms with Gasteiger partial charge in [-0.15, -0.1) is 0 Å². The molecule has 0 bridgehead atoms. The van der Waals surface area contributed by atoms with Crippen molar-refractivity contribution in [1.29, 1.82) is 0 Å². The van der Waals surface area contributed by atoms with Crippen molar-refractivity contribution in [3.8, 4) is 0 Å². The van der Waals surface area contributed by atoms with Crippen molar-refractivity contribution >= 4 is 78.3 Å². The van der Waals surface area contributed by atoms with Crippen LogP contribution >= 0.6 is 39.3 Å². The third kappa shape index (κ3) is 5.44. The highest BCUT2D eigenvalue weighted by Crippen LogP contribution is 2.47. The number of hydrogen-bond acceptors (Lipinski definition) is 6. The van der Waals surface area contributed by atoms with Crippen molar-refractivity contribution in [1.82, 2.24) is 0 Å². The van der Waals surface area contributed by atoms with Gasteiger partial charge in [-0.2, -0.15) is 0 Å². The number of sulfonamides is 1. The van der Waals surface area contributed by atoms with Crippen molar-refractivity contribution in [2.24, 2.45) is 0 Å². The molecule has 0 unspecified atom stereocenters. The van der Waals surface area contributed by atoms with E-state index in [0.717, 1.165) is 20.3 Å². The molecule has 1 N–H and O–H groups in total. The number of para-hydroxylation sites is 2. The van der Waals surface area contributed by atoms with E-state index in [-0.39, 0.29) is 15.5 Å². The molecule has 4 aromatic carbocycles. The van der Waals surface area contributed by atoms with Gasteiger partial charge in [0.2, 0.25) is 0 Å². The number of esters is 1. The molecule has 1 amide bonds. The number of rotatable bonds is 6. The van der Waals surface area contributed by atoms with E-state index in [1.807, 2.05) is 48.5 Å². The molecule has 1 heterocycles. The zero-order valence-corrected chi connectivity index (χ0v) is 23.4. The van der Waals surface area contributed by atoms with Crippen LogP contribution < -0.4 is 9.62 Å². The summed E-state index contributed by atoms with van der Waals surface area (Å²) in [5.41, 5.74) is 1.54. The van der Waals surface area contributed by atoms with Gasteiger partial charge in [0.25, 0.3) is 15.9 Å². The SMILES string of the molecule is O=C(OCC(=O)N1c2ccccc2Sc2ccccc21)c1cc(S(=O)(=O)Nc2ccc(Br)cc2)ccc1Cl. The standard InChI is InChI=1S/C27H18BrClN2O5S2/c28-17-9-11-18(12-10-17)30-38(34,35)19-13-14-21(29)20(15-19)27(33)36-16-26(32)31-22-5-1-3-7-24(22)37-25-8-4-2-6-23(25)31/h1-15,30H,16H2. The number of amides is 1. The molecule has 38 heavy (non-hydrogen) atoms. The first-order chi connectivity index (χ1) is 18.2. The quantitative estimate of drug-likeness (QED) is 0.234. The lowest BCUT2D eigenvalue weighted by Crippen LogP contribution is -2.32. The molecule has 0 spiro atoms. The number of hydrogen-bond donors (Lipinski definition) is 1. The van der Waals surface area contributed by atoms with Gasteiger partial charge in [0.1, 0.15) is 0 Å². The Bertz CT molecular complexity index is 1620. The van der Waals surface area contributed by atoms with E-state index < -0.39 is 28.5 Å². The first-order valence-electron chi connectivity index (χ1n) is 11.2. The topological polar surface area (TPSA) is 92.8 Å². The molecular weight excluding hydrogens is 612 g/mol. The molecular formula is C27H18BrClN2O5S2. The first-order valence-corrected chi connectivity index (χ1v) is 14.6. The van der Waals surface area contributed by atoms with Gasteiger partial charge in [-0.25, -0.2) is 13.2 Å². The summed E-state index contributed by atoms with van der Waals surface area (Å²) in [6.07, 6.45) is 0. The molecule has 192 valence electrons. The van der Waals surface area contributed by atoms with Crippen LogP contribution in [0.1, 0.15) is 10.4 Å². The van der Waals surface area contributed by atoms with Gasteiger partial charge >= 0.3 is 5.97 Å². The molecule has 0 saturated heterocycles. The largest absolute Gasteiger partial charge is 0.452 e. The Labute approximate surface area is 236 Å². The number of anilines is 3. The maximum absolute atomic E-state index is 13.3. The third-order valence-electron chi connectivity index (χ3n) is 5.57. The highest BCUT2D eigenvalue weighted by Gasteiger charge is 2.29. The number of carbonyl (C=O) groups is 2. The molecule has 0 atom stereocenters. The van der Waals surface area contributed by atoms with Gasteiger partial charge < -0.3 is 4.74 Å². The van der Waals surface area contributed by atoms with E-state index in [0.29, 0.717) is 17.1 Å². The van der Waals surface area contributed by atoms with Crippen LogP contribution in [0.15, 0.2) is 110 Å². The van der Waals surface area contributed by atoms with Crippen molar-refractivity contribution in [3.63, 3.8) is 0 Å². The van der Waals surface area contributed by atoms with Gasteiger partial charge in [0.05, 0.1) is 26.9 Å². The normalized spacial score (nSPS) is 12.3. The molecule has 0 saturated carbocycles. The minimum absolute atomic E-state index is 0.00453. The van der Waals surface area contributed by atoms with Crippen LogP contribution in [-0.2, 0) is 19.6 Å². The highest BCUT2D eigenvalue weighted by atomic mass is 79.9. The number of carbonyl (C=O) groups excluding carboxylic acids is 2. The van der Waals surface area contributed by atoms with Crippen molar-refractivity contribution in [2.75, 3.05) is 16.2 Å². The molecule has 11 heteroatoms. The Kier molecular flexibility index (Phi) is 7.49. The summed E-state index contributed by atoms with van der Waals surface area (Å²) in [5.74, 6) is -1.38. The van der Waals surface area contributed by atoms with Crippen LogP contribution in [0.2, 0.25) is 5.02 Å². The number of ether oxygens (including phenoxy) is 1. The van der Waals surface area contributed by atoms with Gasteiger partial charge in [-0.05, 0) is 66.7 Å². The molecule has 0 radical (unpaired) electrons. The summed E-state index contributed by atoms with van der Waals surface area (Å²) < 4.78 is 34.4. The second-order valence-corrected chi connectivity index (χ2v) is 12.2. The maximum Gasteiger partial charge on any atom is 0.340 e. The van der Waals surface area contributed by atoms with Crippen LogP contribution in [0.5, 0.6) is 0 Å². The smallest absolute Gasteiger partial charge is 0.340 e. The second-order valence-electron chi connectivity index (χ2n) is 8.10. The Balaban J connectivity index is 1.35. The summed E-state index contributed by atoms with van der Waals surface area (Å²) in [6, 6.07) is 25.2. The summed E-state index contributed by atoms with van der Waals surface area (Å²) in [4.78, 5) is 29.3. The van der Waals surface area contributed by atoms with E-state index in [9.17, 15) is 18.0 Å². The Morgan fingerprint density at radius 1 is 0.895 bits per heavy atom. The molecule has 7 nitrogen and oxygen atoms in total. The summed E-state index contributed by atoms with van der Waals surface area (Å²) in [6.45, 7) is -0.573. The highest BCUT2D eigenvalue weighted by molar-refractivity contribution is 9.10. The number of nitrogens with zero attached hydrogens (tertiary/aromatic N) is 1. The van der Waals surface area contributed by atoms with Crippen LogP contribution in [0.25, 0.3) is 0 Å². The van der Waals surface area contributed by atoms with Crippen molar-refractivity contribution < 1.29 is 22.7 Å². The van der Waals surface area contributed by atoms with Crippen LogP contribution in [0.3, 0.4) is 0 Å². The molecule has 4 aromatic rings. The van der Waals surface area contributed by atoms with E-state index in [1.54, 1.807) is 36.0 Å². The fourth-order valence-corrected chi connectivity index (χ4v) is 6.40. The van der Waals surface area contributed by atoms with Crippen molar-refractivity contribution in [2.45, 2.75) is 14.7 Å². The Hall–Kier alpha value is -3.31. The lowest BCUT2D eigenvalue weighted by atomic mass is 10.2. The Morgan fingerprint density at radius 3 is 2.13 bits per heavy atom. The number of fused-ring (bicyclic) bond motifs is 2. The van der Waals surface area contributed by atoms with Gasteiger partial charge in [0.15, 0.2) is 6.61 Å². The van der Waals surface area contributed by atoms with E-state index in [4.69, 9.17) is 16.3 Å². The van der Waals surface area contributed by atoms with Gasteiger partial charge in [-0.3, -0.25) is 14.4 Å². The second kappa shape index (κ2) is 10.8. The fraction of sp³-hybridized carbons (Fsp3) is 0.0370. The lowest BCUT2D eigenvalue weighted by Gasteiger charge is -2.30. The van der Waals surface area contributed by atoms with Crippen LogP contribution in [-0.4, -0.2) is 26.9 Å². The maximum atomic E-state index is 13.3. The average molecular weight is 630 g/mol. The molecule has 0 fully saturated rings. The zero-order chi connectivity index (χ0) is 26.9. The summed E-state index contributed by atoms with van der Waals surface area (Å²) in [5, 5.41) is -0.00453. The van der Waals surface area contributed by atoms with Gasteiger partial charge in [-0.1, -0.05) is 63.6 Å². The number of halogens is 2. The first kappa shape index (κ1) is 26.3. The molecule has 0 aliphatic carbocycles. The van der Waals surface area contributed by atoms with E-state index in [2.05, 4.69) is 20.7 Å². The predicted octanol–water partition coefficient (Wildman–Crippen LogP) is 6.89. The van der Waals surface area contributed by atoms with E-state index >= 15 is 0 Å². The zero-order valence-electron chi connectivity index (χ0n) is 19.4. The molecule has 1 aliphatic rings.